The maximum atomic E-state index is 12.3. The molecule has 0 spiro atoms. The number of carbonyl (C=O) groups is 1. The second kappa shape index (κ2) is 10.6. The summed E-state index contributed by atoms with van der Waals surface area (Å²) >= 11 is 12.0. The van der Waals surface area contributed by atoms with Crippen LogP contribution in [0.1, 0.15) is 18.0 Å². The van der Waals surface area contributed by atoms with Crippen molar-refractivity contribution in [2.45, 2.75) is 12.5 Å². The zero-order chi connectivity index (χ0) is 21.4. The fourth-order valence-corrected chi connectivity index (χ4v) is 2.89. The van der Waals surface area contributed by atoms with E-state index in [1.54, 1.807) is 30.3 Å². The first-order chi connectivity index (χ1) is 13.9. The summed E-state index contributed by atoms with van der Waals surface area (Å²) in [6.07, 6.45) is 0.0193. The molecule has 0 aromatic heterocycles. The van der Waals surface area contributed by atoms with E-state index in [9.17, 15) is 10.1 Å². The van der Waals surface area contributed by atoms with Gasteiger partial charge in [-0.3, -0.25) is 4.79 Å². The van der Waals surface area contributed by atoms with Gasteiger partial charge in [0.2, 0.25) is 11.7 Å². The predicted molar refractivity (Wildman–Crippen MR) is 109 cm³/mol. The van der Waals surface area contributed by atoms with Crippen molar-refractivity contribution < 1.29 is 23.7 Å². The molecule has 0 bridgehead atoms. The van der Waals surface area contributed by atoms with Crippen LogP contribution >= 0.6 is 23.2 Å². The van der Waals surface area contributed by atoms with Gasteiger partial charge in [0.05, 0.1) is 45.4 Å². The molecule has 1 amide bonds. The Morgan fingerprint density at radius 3 is 2.31 bits per heavy atom. The Labute approximate surface area is 179 Å². The number of amides is 1. The minimum atomic E-state index is -0.911. The van der Waals surface area contributed by atoms with Crippen LogP contribution in [0.5, 0.6) is 23.0 Å². The van der Waals surface area contributed by atoms with E-state index in [0.29, 0.717) is 33.6 Å². The first-order valence-corrected chi connectivity index (χ1v) is 9.26. The van der Waals surface area contributed by atoms with Crippen molar-refractivity contribution in [3.05, 3.63) is 45.9 Å². The number of ether oxygens (including phenoxy) is 4. The molecule has 154 valence electrons. The number of benzene rings is 2. The largest absolute Gasteiger partial charge is 0.493 e. The summed E-state index contributed by atoms with van der Waals surface area (Å²) in [4.78, 5) is 12.3. The van der Waals surface area contributed by atoms with Crippen molar-refractivity contribution in [2.75, 3.05) is 27.9 Å². The summed E-state index contributed by atoms with van der Waals surface area (Å²) in [5.41, 5.74) is 0.495. The standard InChI is InChI=1S/C20H20Cl2N2O5/c1-26-16-9-12(10-17(27-2)20(16)28-3)14(11-23)24-18(25)7-8-29-15-6-4-5-13(21)19(15)22/h4-6,9-10,14H,7-8H2,1-3H3,(H,24,25). The van der Waals surface area contributed by atoms with Gasteiger partial charge in [-0.05, 0) is 29.8 Å². The van der Waals surface area contributed by atoms with Gasteiger partial charge >= 0.3 is 0 Å². The highest BCUT2D eigenvalue weighted by Gasteiger charge is 2.20. The molecule has 7 nitrogen and oxygen atoms in total. The van der Waals surface area contributed by atoms with Crippen LogP contribution in [0.2, 0.25) is 10.0 Å². The molecule has 29 heavy (non-hydrogen) atoms. The van der Waals surface area contributed by atoms with Crippen molar-refractivity contribution >= 4 is 29.1 Å². The Bertz CT molecular complexity index is 889. The molecule has 2 rings (SSSR count). The van der Waals surface area contributed by atoms with E-state index < -0.39 is 6.04 Å². The Morgan fingerprint density at radius 1 is 1.10 bits per heavy atom. The molecule has 9 heteroatoms. The molecule has 1 atom stereocenters. The third kappa shape index (κ3) is 5.59. The van der Waals surface area contributed by atoms with E-state index in [4.69, 9.17) is 42.1 Å². The zero-order valence-electron chi connectivity index (χ0n) is 16.1. The smallest absolute Gasteiger partial charge is 0.224 e. The molecule has 2 aromatic rings. The van der Waals surface area contributed by atoms with Gasteiger partial charge < -0.3 is 24.3 Å². The summed E-state index contributed by atoms with van der Waals surface area (Å²) in [5, 5.41) is 12.8. The van der Waals surface area contributed by atoms with Crippen molar-refractivity contribution in [3.8, 4) is 29.1 Å². The fraction of sp³-hybridized carbons (Fsp3) is 0.300. The van der Waals surface area contributed by atoms with Crippen molar-refractivity contribution in [2.24, 2.45) is 0 Å². The first-order valence-electron chi connectivity index (χ1n) is 8.50. The molecule has 0 fully saturated rings. The average molecular weight is 439 g/mol. The minimum Gasteiger partial charge on any atom is -0.493 e. The highest BCUT2D eigenvalue weighted by Crippen LogP contribution is 2.39. The lowest BCUT2D eigenvalue weighted by atomic mass is 10.1. The molecule has 0 saturated heterocycles. The number of methoxy groups -OCH3 is 3. The minimum absolute atomic E-state index is 0.0193. The second-order valence-electron chi connectivity index (χ2n) is 5.74. The van der Waals surface area contributed by atoms with Crippen LogP contribution in [-0.4, -0.2) is 33.8 Å². The maximum Gasteiger partial charge on any atom is 0.224 e. The van der Waals surface area contributed by atoms with Crippen molar-refractivity contribution in [1.82, 2.24) is 5.32 Å². The molecule has 0 saturated carbocycles. The molecule has 0 radical (unpaired) electrons. The molecule has 1 N–H and O–H groups in total. The summed E-state index contributed by atoms with van der Waals surface area (Å²) < 4.78 is 21.3. The van der Waals surface area contributed by atoms with Crippen molar-refractivity contribution in [3.63, 3.8) is 0 Å². The number of halogens is 2. The van der Waals surface area contributed by atoms with Crippen LogP contribution in [0.25, 0.3) is 0 Å². The van der Waals surface area contributed by atoms with Gasteiger partial charge in [-0.2, -0.15) is 5.26 Å². The van der Waals surface area contributed by atoms with Crippen LogP contribution < -0.4 is 24.3 Å². The topological polar surface area (TPSA) is 89.8 Å². The van der Waals surface area contributed by atoms with E-state index in [0.717, 1.165) is 0 Å². The number of carbonyl (C=O) groups excluding carboxylic acids is 1. The van der Waals surface area contributed by atoms with E-state index in [2.05, 4.69) is 11.4 Å². The Kier molecular flexibility index (Phi) is 8.25. The summed E-state index contributed by atoms with van der Waals surface area (Å²) in [6.45, 7) is 0.0687. The molecule has 2 aromatic carbocycles. The molecule has 0 aliphatic rings. The summed E-state index contributed by atoms with van der Waals surface area (Å²) in [6, 6.07) is 9.34. The van der Waals surface area contributed by atoms with Gasteiger partial charge in [-0.25, -0.2) is 0 Å². The Hall–Kier alpha value is -2.82. The maximum absolute atomic E-state index is 12.3. The number of rotatable bonds is 9. The normalized spacial score (nSPS) is 11.2. The van der Waals surface area contributed by atoms with Crippen molar-refractivity contribution in [1.29, 1.82) is 5.26 Å². The monoisotopic (exact) mass is 438 g/mol. The van der Waals surface area contributed by atoms with Gasteiger partial charge in [-0.15, -0.1) is 0 Å². The molecule has 0 heterocycles. The van der Waals surface area contributed by atoms with E-state index in [1.165, 1.54) is 21.3 Å². The lowest BCUT2D eigenvalue weighted by Gasteiger charge is -2.17. The van der Waals surface area contributed by atoms with Gasteiger partial charge in [0.25, 0.3) is 0 Å². The SMILES string of the molecule is COc1cc(C(C#N)NC(=O)CCOc2cccc(Cl)c2Cl)cc(OC)c1OC. The van der Waals surface area contributed by atoms with Crippen LogP contribution in [0, 0.1) is 11.3 Å². The van der Waals surface area contributed by atoms with Crippen LogP contribution in [0.4, 0.5) is 0 Å². The molecule has 0 aliphatic carbocycles. The van der Waals surface area contributed by atoms with Gasteiger partial charge in [0, 0.05) is 0 Å². The number of nitrogens with one attached hydrogen (secondary N) is 1. The van der Waals surface area contributed by atoms with Gasteiger partial charge in [-0.1, -0.05) is 29.3 Å². The summed E-state index contributed by atoms with van der Waals surface area (Å²) in [7, 11) is 4.43. The highest BCUT2D eigenvalue weighted by molar-refractivity contribution is 6.42. The number of nitrogens with zero attached hydrogens (tertiary/aromatic N) is 1. The average Bonchev–Trinajstić information content (AvgIpc) is 2.73. The predicted octanol–water partition coefficient (Wildman–Crippen LogP) is 4.17. The van der Waals surface area contributed by atoms with Crippen LogP contribution in [0.3, 0.4) is 0 Å². The summed E-state index contributed by atoms with van der Waals surface area (Å²) in [5.74, 6) is 1.18. The van der Waals surface area contributed by atoms with Gasteiger partial charge in [0.15, 0.2) is 11.5 Å². The third-order valence-electron chi connectivity index (χ3n) is 3.96. The van der Waals surface area contributed by atoms with Crippen LogP contribution in [0.15, 0.2) is 30.3 Å². The first kappa shape index (κ1) is 22.5. The quantitative estimate of drug-likeness (QED) is 0.631. The lowest BCUT2D eigenvalue weighted by molar-refractivity contribution is -0.122. The molecular weight excluding hydrogens is 419 g/mol. The fourth-order valence-electron chi connectivity index (χ4n) is 2.54. The lowest BCUT2D eigenvalue weighted by Crippen LogP contribution is -2.28. The highest BCUT2D eigenvalue weighted by atomic mass is 35.5. The van der Waals surface area contributed by atoms with E-state index >= 15 is 0 Å². The Morgan fingerprint density at radius 2 is 1.76 bits per heavy atom. The number of hydrogen-bond donors (Lipinski definition) is 1. The molecular formula is C20H20Cl2N2O5. The second-order valence-corrected chi connectivity index (χ2v) is 6.52. The molecule has 1 unspecified atom stereocenters. The zero-order valence-corrected chi connectivity index (χ0v) is 17.6. The van der Waals surface area contributed by atoms with Gasteiger partial charge in [0.1, 0.15) is 16.8 Å². The number of hydrogen-bond acceptors (Lipinski definition) is 6. The molecule has 0 aliphatic heterocycles. The Balaban J connectivity index is 2.05. The third-order valence-corrected chi connectivity index (χ3v) is 4.76. The van der Waals surface area contributed by atoms with Crippen LogP contribution in [-0.2, 0) is 4.79 Å². The number of nitriles is 1. The van der Waals surface area contributed by atoms with E-state index in [1.807, 2.05) is 0 Å². The van der Waals surface area contributed by atoms with E-state index in [-0.39, 0.29) is 24.0 Å².